The number of nitrogens with zero attached hydrogens (tertiary/aromatic N) is 1. The van der Waals surface area contributed by atoms with Gasteiger partial charge < -0.3 is 9.40 Å². The Bertz CT molecular complexity index is 598. The van der Waals surface area contributed by atoms with Crippen molar-refractivity contribution in [3.05, 3.63) is 28.0 Å². The first kappa shape index (κ1) is 10.4. The third-order valence-corrected chi connectivity index (χ3v) is 2.09. The number of furan rings is 1. The van der Waals surface area contributed by atoms with Crippen molar-refractivity contribution in [3.63, 3.8) is 0 Å². The van der Waals surface area contributed by atoms with Crippen LogP contribution < -0.4 is 11.0 Å². The summed E-state index contributed by atoms with van der Waals surface area (Å²) < 4.78 is 5.20. The number of rotatable bonds is 2. The normalized spacial score (nSPS) is 10.6. The van der Waals surface area contributed by atoms with Crippen molar-refractivity contribution in [2.45, 2.75) is 6.92 Å². The average Bonchev–Trinajstić information content (AvgIpc) is 2.56. The summed E-state index contributed by atoms with van der Waals surface area (Å²) in [6.45, 7) is 1.58. The van der Waals surface area contributed by atoms with Crippen molar-refractivity contribution in [1.82, 2.24) is 15.4 Å². The van der Waals surface area contributed by atoms with Gasteiger partial charge in [-0.25, -0.2) is 10.5 Å². The summed E-state index contributed by atoms with van der Waals surface area (Å²) in [5.74, 6) is -0.231. The summed E-state index contributed by atoms with van der Waals surface area (Å²) in [4.78, 5) is 33.9. The molecule has 2 rings (SSSR count). The van der Waals surface area contributed by atoms with Crippen LogP contribution in [0, 0.1) is 6.92 Å². The Morgan fingerprint density at radius 3 is 3.06 bits per heavy atom. The molecule has 0 fully saturated rings. The van der Waals surface area contributed by atoms with E-state index < -0.39 is 11.5 Å². The van der Waals surface area contributed by atoms with Crippen LogP contribution in [0.15, 0.2) is 15.5 Å². The smallest absolute Gasteiger partial charge is 0.279 e. The number of hydroxylamine groups is 1. The van der Waals surface area contributed by atoms with Crippen LogP contribution in [0.3, 0.4) is 0 Å². The fraction of sp³-hybridized carbons (Fsp3) is 0.222. The maximum Gasteiger partial charge on any atom is 0.279 e. The number of hydrogen-bond donors (Lipinski definition) is 2. The standard InChI is InChI=1S/C9H9N3O4/c1-4-5(8(14)12-15-2)6-7(13)10-3-11-9(6)16-4/h3H,1-2H3,(H,12,14)(H,10,11,13). The highest BCUT2D eigenvalue weighted by atomic mass is 16.6. The highest BCUT2D eigenvalue weighted by molar-refractivity contribution is 6.05. The molecular weight excluding hydrogens is 214 g/mol. The van der Waals surface area contributed by atoms with Gasteiger partial charge in [0.2, 0.25) is 5.71 Å². The lowest BCUT2D eigenvalue weighted by Gasteiger charge is -1.99. The topological polar surface area (TPSA) is 97.2 Å². The van der Waals surface area contributed by atoms with E-state index in [1.807, 2.05) is 0 Å². The number of H-pyrrole nitrogens is 1. The summed E-state index contributed by atoms with van der Waals surface area (Å²) in [5.41, 5.74) is 1.96. The van der Waals surface area contributed by atoms with Gasteiger partial charge in [-0.1, -0.05) is 0 Å². The molecule has 84 valence electrons. The summed E-state index contributed by atoms with van der Waals surface area (Å²) in [6.07, 6.45) is 1.21. The molecule has 0 aliphatic carbocycles. The summed E-state index contributed by atoms with van der Waals surface area (Å²) in [6, 6.07) is 0. The minimum atomic E-state index is -0.544. The third kappa shape index (κ3) is 1.47. The number of aromatic amines is 1. The van der Waals surface area contributed by atoms with Gasteiger partial charge in [0.05, 0.1) is 19.0 Å². The second kappa shape index (κ2) is 3.78. The van der Waals surface area contributed by atoms with E-state index in [-0.39, 0.29) is 16.7 Å². The first-order valence-electron chi connectivity index (χ1n) is 4.45. The van der Waals surface area contributed by atoms with Crippen molar-refractivity contribution in [2.24, 2.45) is 0 Å². The van der Waals surface area contributed by atoms with Gasteiger partial charge in [0.1, 0.15) is 11.1 Å². The van der Waals surface area contributed by atoms with E-state index in [0.29, 0.717) is 5.76 Å². The molecule has 2 N–H and O–H groups in total. The predicted molar refractivity (Wildman–Crippen MR) is 53.8 cm³/mol. The Kier molecular flexibility index (Phi) is 2.45. The molecule has 0 saturated heterocycles. The molecular formula is C9H9N3O4. The number of hydrogen-bond acceptors (Lipinski definition) is 5. The Morgan fingerprint density at radius 2 is 2.38 bits per heavy atom. The fourth-order valence-corrected chi connectivity index (χ4v) is 1.47. The maximum absolute atomic E-state index is 11.6. The van der Waals surface area contributed by atoms with E-state index in [9.17, 15) is 9.59 Å². The Morgan fingerprint density at radius 1 is 1.62 bits per heavy atom. The lowest BCUT2D eigenvalue weighted by molar-refractivity contribution is 0.0537. The predicted octanol–water partition coefficient (Wildman–Crippen LogP) is 0.116. The number of aromatic nitrogens is 2. The number of carbonyl (C=O) groups excluding carboxylic acids is 1. The van der Waals surface area contributed by atoms with Crippen LogP contribution in [0.5, 0.6) is 0 Å². The first-order chi connectivity index (χ1) is 7.65. The number of amides is 1. The van der Waals surface area contributed by atoms with Crippen molar-refractivity contribution in [1.29, 1.82) is 0 Å². The SMILES string of the molecule is CONC(=O)c1c(C)oc2nc[nH]c(=O)c12. The van der Waals surface area contributed by atoms with Gasteiger partial charge in [-0.05, 0) is 6.92 Å². The monoisotopic (exact) mass is 223 g/mol. The second-order valence-corrected chi connectivity index (χ2v) is 3.08. The Labute approximate surface area is 89.4 Å². The van der Waals surface area contributed by atoms with Crippen LogP contribution in [0.4, 0.5) is 0 Å². The maximum atomic E-state index is 11.6. The molecule has 0 aromatic carbocycles. The van der Waals surface area contributed by atoms with E-state index in [1.54, 1.807) is 6.92 Å². The van der Waals surface area contributed by atoms with Gasteiger partial charge >= 0.3 is 0 Å². The Hall–Kier alpha value is -2.15. The number of aryl methyl sites for hydroxylation is 1. The number of nitrogens with one attached hydrogen (secondary N) is 2. The zero-order chi connectivity index (χ0) is 11.7. The van der Waals surface area contributed by atoms with Crippen LogP contribution >= 0.6 is 0 Å². The average molecular weight is 223 g/mol. The second-order valence-electron chi connectivity index (χ2n) is 3.08. The third-order valence-electron chi connectivity index (χ3n) is 2.09. The molecule has 7 nitrogen and oxygen atoms in total. The highest BCUT2D eigenvalue weighted by Crippen LogP contribution is 2.19. The molecule has 0 aliphatic rings. The number of fused-ring (bicyclic) bond motifs is 1. The van der Waals surface area contributed by atoms with E-state index >= 15 is 0 Å². The largest absolute Gasteiger partial charge is 0.442 e. The highest BCUT2D eigenvalue weighted by Gasteiger charge is 2.21. The molecule has 0 bridgehead atoms. The van der Waals surface area contributed by atoms with Crippen LogP contribution in [0.2, 0.25) is 0 Å². The zero-order valence-electron chi connectivity index (χ0n) is 8.66. The van der Waals surface area contributed by atoms with Crippen molar-refractivity contribution in [3.8, 4) is 0 Å². The minimum absolute atomic E-state index is 0.120. The van der Waals surface area contributed by atoms with Crippen molar-refractivity contribution >= 4 is 17.0 Å². The van der Waals surface area contributed by atoms with Crippen molar-refractivity contribution < 1.29 is 14.0 Å². The van der Waals surface area contributed by atoms with Crippen molar-refractivity contribution in [2.75, 3.05) is 7.11 Å². The molecule has 2 aromatic rings. The van der Waals surface area contributed by atoms with Crippen LogP contribution in [0.1, 0.15) is 16.1 Å². The van der Waals surface area contributed by atoms with Crippen LogP contribution in [-0.2, 0) is 4.84 Å². The molecule has 16 heavy (non-hydrogen) atoms. The van der Waals surface area contributed by atoms with Gasteiger partial charge in [-0.15, -0.1) is 0 Å². The molecule has 0 aliphatic heterocycles. The quantitative estimate of drug-likeness (QED) is 0.704. The van der Waals surface area contributed by atoms with E-state index in [2.05, 4.69) is 20.3 Å². The van der Waals surface area contributed by atoms with E-state index in [4.69, 9.17) is 4.42 Å². The molecule has 2 aromatic heterocycles. The van der Waals surface area contributed by atoms with Gasteiger partial charge in [-0.2, -0.15) is 0 Å². The summed E-state index contributed by atoms with van der Waals surface area (Å²) in [7, 11) is 1.30. The molecule has 0 unspecified atom stereocenters. The Balaban J connectivity index is 2.73. The molecule has 1 amide bonds. The van der Waals surface area contributed by atoms with Crippen LogP contribution in [-0.4, -0.2) is 23.0 Å². The zero-order valence-corrected chi connectivity index (χ0v) is 8.66. The van der Waals surface area contributed by atoms with Gasteiger partial charge in [0, 0.05) is 0 Å². The van der Waals surface area contributed by atoms with Gasteiger partial charge in [-0.3, -0.25) is 14.4 Å². The van der Waals surface area contributed by atoms with E-state index in [1.165, 1.54) is 13.4 Å². The molecule has 0 saturated carbocycles. The molecule has 7 heteroatoms. The minimum Gasteiger partial charge on any atom is -0.442 e. The molecule has 0 spiro atoms. The summed E-state index contributed by atoms with van der Waals surface area (Å²) in [5, 5.41) is 0.120. The molecule has 2 heterocycles. The molecule has 0 atom stereocenters. The fourth-order valence-electron chi connectivity index (χ4n) is 1.47. The lowest BCUT2D eigenvalue weighted by Crippen LogP contribution is -2.23. The summed E-state index contributed by atoms with van der Waals surface area (Å²) >= 11 is 0. The first-order valence-corrected chi connectivity index (χ1v) is 4.45. The van der Waals surface area contributed by atoms with Gasteiger partial charge in [0.25, 0.3) is 11.5 Å². The molecule has 0 radical (unpaired) electrons. The number of carbonyl (C=O) groups is 1. The van der Waals surface area contributed by atoms with Gasteiger partial charge in [0.15, 0.2) is 0 Å². The van der Waals surface area contributed by atoms with E-state index in [0.717, 1.165) is 0 Å². The van der Waals surface area contributed by atoms with Crippen LogP contribution in [0.25, 0.3) is 11.1 Å². The lowest BCUT2D eigenvalue weighted by atomic mass is 10.2.